The summed E-state index contributed by atoms with van der Waals surface area (Å²) in [7, 11) is 0. The fourth-order valence-corrected chi connectivity index (χ4v) is 2.92. The molecule has 2 aromatic rings. The number of nitrogens with two attached hydrogens (primary N) is 1. The molecule has 0 unspecified atom stereocenters. The van der Waals surface area contributed by atoms with Crippen molar-refractivity contribution in [3.63, 3.8) is 0 Å². The van der Waals surface area contributed by atoms with Gasteiger partial charge in [0.2, 0.25) is 0 Å². The molecule has 2 N–H and O–H groups in total. The molecule has 0 spiro atoms. The second-order valence-corrected chi connectivity index (χ2v) is 6.05. The maximum atomic E-state index is 6.32. The Morgan fingerprint density at radius 1 is 1.10 bits per heavy atom. The average molecular weight is 326 g/mol. The van der Waals surface area contributed by atoms with Crippen LogP contribution in [0.1, 0.15) is 38.9 Å². The van der Waals surface area contributed by atoms with E-state index in [2.05, 4.69) is 18.4 Å². The first-order valence-corrected chi connectivity index (χ1v) is 8.13. The van der Waals surface area contributed by atoms with E-state index in [9.17, 15) is 0 Å². The van der Waals surface area contributed by atoms with Gasteiger partial charge in [0.25, 0.3) is 0 Å². The lowest BCUT2D eigenvalue weighted by Gasteiger charge is -2.08. The Kier molecular flexibility index (Phi) is 5.54. The van der Waals surface area contributed by atoms with Crippen LogP contribution in [0.5, 0.6) is 0 Å². The predicted molar refractivity (Wildman–Crippen MR) is 91.0 cm³/mol. The van der Waals surface area contributed by atoms with Crippen LogP contribution in [-0.4, -0.2) is 9.55 Å². The Labute approximate surface area is 136 Å². The highest BCUT2D eigenvalue weighted by atomic mass is 35.5. The number of anilines is 1. The van der Waals surface area contributed by atoms with Crippen LogP contribution in [-0.2, 0) is 13.0 Å². The lowest BCUT2D eigenvalue weighted by Crippen LogP contribution is -2.07. The smallest absolute Gasteiger partial charge is 0.131 e. The van der Waals surface area contributed by atoms with Crippen LogP contribution >= 0.6 is 23.2 Å². The second-order valence-electron chi connectivity index (χ2n) is 5.18. The zero-order chi connectivity index (χ0) is 15.4. The first-order valence-electron chi connectivity index (χ1n) is 7.38. The molecule has 0 atom stereocenters. The minimum absolute atomic E-state index is 0.594. The summed E-state index contributed by atoms with van der Waals surface area (Å²) >= 11 is 12.2. The van der Waals surface area contributed by atoms with Gasteiger partial charge in [0.15, 0.2) is 0 Å². The summed E-state index contributed by atoms with van der Waals surface area (Å²) in [6, 6.07) is 5.42. The molecular weight excluding hydrogens is 305 g/mol. The number of benzene rings is 1. The molecule has 0 amide bonds. The molecule has 0 bridgehead atoms. The van der Waals surface area contributed by atoms with E-state index in [4.69, 9.17) is 33.9 Å². The van der Waals surface area contributed by atoms with Gasteiger partial charge in [-0.3, -0.25) is 0 Å². The number of aryl methyl sites for hydroxylation is 1. The van der Waals surface area contributed by atoms with Crippen molar-refractivity contribution >= 4 is 29.0 Å². The first-order chi connectivity index (χ1) is 10.1. The number of hydrogen-bond donors (Lipinski definition) is 1. The highest BCUT2D eigenvalue weighted by Gasteiger charge is 2.16. The fourth-order valence-electron chi connectivity index (χ4n) is 2.40. The van der Waals surface area contributed by atoms with Crippen molar-refractivity contribution < 1.29 is 0 Å². The van der Waals surface area contributed by atoms with Crippen LogP contribution in [0.25, 0.3) is 11.3 Å². The second kappa shape index (κ2) is 7.19. The third-order valence-corrected chi connectivity index (χ3v) is 3.87. The maximum Gasteiger partial charge on any atom is 0.131 e. The Hall–Kier alpha value is -1.19. The lowest BCUT2D eigenvalue weighted by atomic mass is 10.1. The topological polar surface area (TPSA) is 43.8 Å². The summed E-state index contributed by atoms with van der Waals surface area (Å²) in [6.07, 6.45) is 4.18. The number of halogens is 2. The molecule has 0 aliphatic heterocycles. The highest BCUT2D eigenvalue weighted by molar-refractivity contribution is 6.35. The van der Waals surface area contributed by atoms with E-state index >= 15 is 0 Å². The van der Waals surface area contributed by atoms with Gasteiger partial charge in [-0.05, 0) is 31.0 Å². The average Bonchev–Trinajstić information content (AvgIpc) is 2.73. The molecule has 1 heterocycles. The molecule has 0 saturated heterocycles. The number of nitrogens with zero attached hydrogens (tertiary/aromatic N) is 2. The monoisotopic (exact) mass is 325 g/mol. The van der Waals surface area contributed by atoms with E-state index in [1.165, 1.54) is 0 Å². The Morgan fingerprint density at radius 3 is 2.33 bits per heavy atom. The van der Waals surface area contributed by atoms with Crippen molar-refractivity contribution in [3.05, 3.63) is 34.1 Å². The van der Waals surface area contributed by atoms with Crippen LogP contribution in [0.4, 0.5) is 5.82 Å². The van der Waals surface area contributed by atoms with Gasteiger partial charge < -0.3 is 10.3 Å². The van der Waals surface area contributed by atoms with Gasteiger partial charge in [-0.1, -0.05) is 43.5 Å². The Morgan fingerprint density at radius 2 is 1.76 bits per heavy atom. The van der Waals surface area contributed by atoms with E-state index in [1.807, 2.05) is 12.1 Å². The van der Waals surface area contributed by atoms with Crippen molar-refractivity contribution in [3.8, 4) is 11.3 Å². The van der Waals surface area contributed by atoms with Gasteiger partial charge in [-0.15, -0.1) is 0 Å². The number of aromatic nitrogens is 2. The van der Waals surface area contributed by atoms with Crippen molar-refractivity contribution in [1.82, 2.24) is 9.55 Å². The van der Waals surface area contributed by atoms with Gasteiger partial charge in [-0.2, -0.15) is 0 Å². The standard InChI is InChI=1S/C16H21Cl2N3/c1-3-5-7-21-14(6-4-2)20-15(16(21)19)11-8-12(17)10-13(18)9-11/h8-10H,3-7,19H2,1-2H3. The normalized spacial score (nSPS) is 11.0. The maximum absolute atomic E-state index is 6.32. The summed E-state index contributed by atoms with van der Waals surface area (Å²) in [5, 5.41) is 1.19. The number of rotatable bonds is 6. The SMILES string of the molecule is CCCCn1c(CCC)nc(-c2cc(Cl)cc(Cl)c2)c1N. The van der Waals surface area contributed by atoms with E-state index in [-0.39, 0.29) is 0 Å². The van der Waals surface area contributed by atoms with Gasteiger partial charge in [0.05, 0.1) is 0 Å². The van der Waals surface area contributed by atoms with Crippen molar-refractivity contribution in [2.45, 2.75) is 46.1 Å². The molecule has 0 fully saturated rings. The molecule has 114 valence electrons. The lowest BCUT2D eigenvalue weighted by molar-refractivity contribution is 0.604. The van der Waals surface area contributed by atoms with Crippen LogP contribution in [0, 0.1) is 0 Å². The molecule has 0 aliphatic rings. The Bertz CT molecular complexity index is 600. The molecule has 21 heavy (non-hydrogen) atoms. The molecule has 3 nitrogen and oxygen atoms in total. The van der Waals surface area contributed by atoms with Gasteiger partial charge in [-0.25, -0.2) is 4.98 Å². The number of imidazole rings is 1. The summed E-state index contributed by atoms with van der Waals surface area (Å²) in [6.45, 7) is 5.22. The van der Waals surface area contributed by atoms with Gasteiger partial charge >= 0.3 is 0 Å². The number of unbranched alkanes of at least 4 members (excludes halogenated alkanes) is 1. The van der Waals surface area contributed by atoms with Crippen LogP contribution in [0.15, 0.2) is 18.2 Å². The van der Waals surface area contributed by atoms with Crippen molar-refractivity contribution in [2.24, 2.45) is 0 Å². The molecular formula is C16H21Cl2N3. The quantitative estimate of drug-likeness (QED) is 0.793. The van der Waals surface area contributed by atoms with Crippen molar-refractivity contribution in [1.29, 1.82) is 0 Å². The molecule has 2 rings (SSSR count). The molecule has 0 saturated carbocycles. The predicted octanol–water partition coefficient (Wildman–Crippen LogP) is 5.19. The minimum atomic E-state index is 0.594. The zero-order valence-electron chi connectivity index (χ0n) is 12.5. The third-order valence-electron chi connectivity index (χ3n) is 3.43. The third kappa shape index (κ3) is 3.72. The molecule has 5 heteroatoms. The fraction of sp³-hybridized carbons (Fsp3) is 0.438. The van der Waals surface area contributed by atoms with Crippen molar-refractivity contribution in [2.75, 3.05) is 5.73 Å². The van der Waals surface area contributed by atoms with E-state index in [0.29, 0.717) is 15.9 Å². The molecule has 0 aliphatic carbocycles. The Balaban J connectivity index is 2.48. The summed E-state index contributed by atoms with van der Waals surface area (Å²) in [4.78, 5) is 4.73. The van der Waals surface area contributed by atoms with Crippen LogP contribution < -0.4 is 5.73 Å². The summed E-state index contributed by atoms with van der Waals surface area (Å²) in [5.41, 5.74) is 7.97. The zero-order valence-corrected chi connectivity index (χ0v) is 14.0. The van der Waals surface area contributed by atoms with Crippen LogP contribution in [0.3, 0.4) is 0 Å². The minimum Gasteiger partial charge on any atom is -0.383 e. The van der Waals surface area contributed by atoms with Gasteiger partial charge in [0, 0.05) is 28.6 Å². The van der Waals surface area contributed by atoms with E-state index in [1.54, 1.807) is 6.07 Å². The van der Waals surface area contributed by atoms with E-state index < -0.39 is 0 Å². The molecule has 0 radical (unpaired) electrons. The number of nitrogen functional groups attached to an aromatic ring is 1. The van der Waals surface area contributed by atoms with E-state index in [0.717, 1.165) is 49.3 Å². The summed E-state index contributed by atoms with van der Waals surface area (Å²) < 4.78 is 2.12. The highest BCUT2D eigenvalue weighted by Crippen LogP contribution is 2.31. The largest absolute Gasteiger partial charge is 0.383 e. The number of hydrogen-bond acceptors (Lipinski definition) is 2. The molecule has 1 aromatic carbocycles. The van der Waals surface area contributed by atoms with Crippen LogP contribution in [0.2, 0.25) is 10.0 Å². The molecule has 1 aromatic heterocycles. The van der Waals surface area contributed by atoms with Gasteiger partial charge in [0.1, 0.15) is 17.3 Å². The first kappa shape index (κ1) is 16.2. The summed E-state index contributed by atoms with van der Waals surface area (Å²) in [5.74, 6) is 1.74.